The second-order valence-corrected chi connectivity index (χ2v) is 6.03. The lowest BCUT2D eigenvalue weighted by Gasteiger charge is -2.27. The van der Waals surface area contributed by atoms with Crippen molar-refractivity contribution in [1.29, 1.82) is 0 Å². The van der Waals surface area contributed by atoms with E-state index in [9.17, 15) is 4.79 Å². The van der Waals surface area contributed by atoms with Crippen molar-refractivity contribution in [2.75, 3.05) is 32.7 Å². The molecule has 2 heterocycles. The van der Waals surface area contributed by atoms with Crippen molar-refractivity contribution in [2.45, 2.75) is 45.2 Å². The molecule has 2 atom stereocenters. The van der Waals surface area contributed by atoms with E-state index < -0.39 is 0 Å². The molecule has 2 aliphatic rings. The first-order valence-electron chi connectivity index (χ1n) is 7.49. The van der Waals surface area contributed by atoms with E-state index >= 15 is 0 Å². The lowest BCUT2D eigenvalue weighted by molar-refractivity contribution is -0.131. The first kappa shape index (κ1) is 14.5. The van der Waals surface area contributed by atoms with Gasteiger partial charge in [0.2, 0.25) is 5.91 Å². The zero-order valence-electron chi connectivity index (χ0n) is 12.3. The van der Waals surface area contributed by atoms with E-state index in [2.05, 4.69) is 16.8 Å². The van der Waals surface area contributed by atoms with Crippen molar-refractivity contribution in [3.05, 3.63) is 12.2 Å². The molecular weight excluding hydrogens is 238 g/mol. The predicted molar refractivity (Wildman–Crippen MR) is 78.1 cm³/mol. The number of rotatable bonds is 5. The highest BCUT2D eigenvalue weighted by Gasteiger charge is 2.30. The molecule has 0 aromatic carbocycles. The van der Waals surface area contributed by atoms with Crippen LogP contribution in [0.1, 0.15) is 33.1 Å². The van der Waals surface area contributed by atoms with Crippen LogP contribution < -0.4 is 5.32 Å². The first-order valence-corrected chi connectivity index (χ1v) is 7.49. The highest BCUT2D eigenvalue weighted by atomic mass is 16.2. The van der Waals surface area contributed by atoms with Crippen molar-refractivity contribution in [2.24, 2.45) is 0 Å². The Hall–Kier alpha value is -0.870. The molecule has 2 bridgehead atoms. The molecule has 2 unspecified atom stereocenters. The number of amides is 1. The molecule has 2 fully saturated rings. The molecule has 1 amide bonds. The molecule has 4 heteroatoms. The smallest absolute Gasteiger partial charge is 0.237 e. The van der Waals surface area contributed by atoms with Crippen molar-refractivity contribution < 1.29 is 4.79 Å². The van der Waals surface area contributed by atoms with E-state index in [4.69, 9.17) is 0 Å². The molecular formula is C15H27N3O. The van der Waals surface area contributed by atoms with Crippen LogP contribution in [-0.4, -0.2) is 60.5 Å². The Morgan fingerprint density at radius 2 is 2.11 bits per heavy atom. The molecule has 2 saturated heterocycles. The summed E-state index contributed by atoms with van der Waals surface area (Å²) in [6, 6.07) is 1.28. The standard InChI is InChI=1S/C15H27N3O/c1-4-18(9-12(2)3)15(19)11-17-8-7-13-5-6-14(10-17)16-13/h13-14,16H,2,4-11H2,1,3H3. The maximum absolute atomic E-state index is 12.3. The average Bonchev–Trinajstić information content (AvgIpc) is 2.69. The summed E-state index contributed by atoms with van der Waals surface area (Å²) in [5, 5.41) is 3.65. The number of hydrogen-bond donors (Lipinski definition) is 1. The third-order valence-corrected chi connectivity index (χ3v) is 4.16. The Morgan fingerprint density at radius 1 is 1.37 bits per heavy atom. The topological polar surface area (TPSA) is 35.6 Å². The van der Waals surface area contributed by atoms with E-state index in [1.807, 2.05) is 18.7 Å². The fourth-order valence-electron chi connectivity index (χ4n) is 3.15. The highest BCUT2D eigenvalue weighted by Crippen LogP contribution is 2.20. The number of fused-ring (bicyclic) bond motifs is 2. The summed E-state index contributed by atoms with van der Waals surface area (Å²) in [5.74, 6) is 0.239. The van der Waals surface area contributed by atoms with E-state index in [-0.39, 0.29) is 5.91 Å². The van der Waals surface area contributed by atoms with Crippen LogP contribution in [0.25, 0.3) is 0 Å². The third-order valence-electron chi connectivity index (χ3n) is 4.16. The zero-order chi connectivity index (χ0) is 13.8. The maximum Gasteiger partial charge on any atom is 0.237 e. The van der Waals surface area contributed by atoms with Gasteiger partial charge in [-0.15, -0.1) is 0 Å². The Bertz CT molecular complexity index is 342. The molecule has 0 spiro atoms. The summed E-state index contributed by atoms with van der Waals surface area (Å²) in [6.45, 7) is 12.0. The molecule has 0 aromatic rings. The Kier molecular flexibility index (Phi) is 4.99. The number of nitrogens with zero attached hydrogens (tertiary/aromatic N) is 2. The second kappa shape index (κ2) is 6.53. The number of carbonyl (C=O) groups is 1. The van der Waals surface area contributed by atoms with E-state index in [1.54, 1.807) is 0 Å². The van der Waals surface area contributed by atoms with Gasteiger partial charge in [0.05, 0.1) is 6.54 Å². The molecule has 4 nitrogen and oxygen atoms in total. The molecule has 0 radical (unpaired) electrons. The van der Waals surface area contributed by atoms with Gasteiger partial charge in [-0.2, -0.15) is 0 Å². The number of likely N-dealkylation sites (tertiary alicyclic amines) is 1. The third kappa shape index (κ3) is 4.05. The van der Waals surface area contributed by atoms with E-state index in [0.29, 0.717) is 25.2 Å². The van der Waals surface area contributed by atoms with Crippen molar-refractivity contribution >= 4 is 5.91 Å². The van der Waals surface area contributed by atoms with E-state index in [0.717, 1.165) is 25.2 Å². The molecule has 2 rings (SSSR count). The molecule has 0 aromatic heterocycles. The number of carbonyl (C=O) groups excluding carboxylic acids is 1. The van der Waals surface area contributed by atoms with Gasteiger partial charge < -0.3 is 10.2 Å². The molecule has 2 aliphatic heterocycles. The van der Waals surface area contributed by atoms with Gasteiger partial charge in [0.15, 0.2) is 0 Å². The normalized spacial score (nSPS) is 27.1. The largest absolute Gasteiger partial charge is 0.338 e. The van der Waals surface area contributed by atoms with Crippen LogP contribution in [0.5, 0.6) is 0 Å². The van der Waals surface area contributed by atoms with Crippen LogP contribution in [0, 0.1) is 0 Å². The van der Waals surface area contributed by atoms with Crippen molar-refractivity contribution in [3.63, 3.8) is 0 Å². The van der Waals surface area contributed by atoms with Gasteiger partial charge >= 0.3 is 0 Å². The minimum atomic E-state index is 0.239. The fourth-order valence-corrected chi connectivity index (χ4v) is 3.15. The van der Waals surface area contributed by atoms with Gasteiger partial charge in [0.25, 0.3) is 0 Å². The monoisotopic (exact) mass is 265 g/mol. The molecule has 108 valence electrons. The maximum atomic E-state index is 12.3. The summed E-state index contributed by atoms with van der Waals surface area (Å²) in [4.78, 5) is 16.5. The van der Waals surface area contributed by atoms with Crippen LogP contribution in [-0.2, 0) is 4.79 Å². The summed E-state index contributed by atoms with van der Waals surface area (Å²) in [7, 11) is 0. The Morgan fingerprint density at radius 3 is 2.79 bits per heavy atom. The van der Waals surface area contributed by atoms with Gasteiger partial charge in [-0.25, -0.2) is 0 Å². The minimum absolute atomic E-state index is 0.239. The summed E-state index contributed by atoms with van der Waals surface area (Å²) in [5.41, 5.74) is 1.05. The second-order valence-electron chi connectivity index (χ2n) is 6.03. The van der Waals surface area contributed by atoms with Gasteiger partial charge in [-0.05, 0) is 33.1 Å². The first-order chi connectivity index (χ1) is 9.08. The number of hydrogen-bond acceptors (Lipinski definition) is 3. The van der Waals surface area contributed by atoms with E-state index in [1.165, 1.54) is 19.3 Å². The predicted octanol–water partition coefficient (Wildman–Crippen LogP) is 1.24. The lowest BCUT2D eigenvalue weighted by Crippen LogP contribution is -2.43. The summed E-state index contributed by atoms with van der Waals surface area (Å²) in [6.07, 6.45) is 3.75. The number of likely N-dealkylation sites (N-methyl/N-ethyl adjacent to an activating group) is 1. The SMILES string of the molecule is C=C(C)CN(CC)C(=O)CN1CCC2CCC(C1)N2. The van der Waals surface area contributed by atoms with Gasteiger partial charge in [-0.1, -0.05) is 12.2 Å². The average molecular weight is 265 g/mol. The van der Waals surface area contributed by atoms with Crippen LogP contribution >= 0.6 is 0 Å². The lowest BCUT2D eigenvalue weighted by atomic mass is 10.1. The quantitative estimate of drug-likeness (QED) is 0.760. The molecule has 0 aliphatic carbocycles. The molecule has 19 heavy (non-hydrogen) atoms. The Balaban J connectivity index is 1.85. The van der Waals surface area contributed by atoms with Crippen LogP contribution in [0.4, 0.5) is 0 Å². The van der Waals surface area contributed by atoms with Gasteiger partial charge in [0, 0.05) is 38.3 Å². The molecule has 1 N–H and O–H groups in total. The van der Waals surface area contributed by atoms with Crippen molar-refractivity contribution in [1.82, 2.24) is 15.1 Å². The molecule has 0 saturated carbocycles. The van der Waals surface area contributed by atoms with Gasteiger partial charge in [0.1, 0.15) is 0 Å². The number of nitrogens with one attached hydrogen (secondary N) is 1. The van der Waals surface area contributed by atoms with Crippen LogP contribution in [0.3, 0.4) is 0 Å². The van der Waals surface area contributed by atoms with Crippen LogP contribution in [0.2, 0.25) is 0 Å². The van der Waals surface area contributed by atoms with Crippen LogP contribution in [0.15, 0.2) is 12.2 Å². The summed E-state index contributed by atoms with van der Waals surface area (Å²) < 4.78 is 0. The Labute approximate surface area is 116 Å². The highest BCUT2D eigenvalue weighted by molar-refractivity contribution is 5.78. The van der Waals surface area contributed by atoms with Gasteiger partial charge in [-0.3, -0.25) is 9.69 Å². The minimum Gasteiger partial charge on any atom is -0.338 e. The fraction of sp³-hybridized carbons (Fsp3) is 0.800. The summed E-state index contributed by atoms with van der Waals surface area (Å²) >= 11 is 0. The zero-order valence-corrected chi connectivity index (χ0v) is 12.3. The van der Waals surface area contributed by atoms with Crippen molar-refractivity contribution in [3.8, 4) is 0 Å².